The summed E-state index contributed by atoms with van der Waals surface area (Å²) in [6.07, 6.45) is 4.46. The van der Waals surface area contributed by atoms with Crippen molar-refractivity contribution in [2.45, 2.75) is 6.42 Å². The van der Waals surface area contributed by atoms with Gasteiger partial charge in [0.25, 0.3) is 0 Å². The minimum Gasteiger partial charge on any atom is -0.494 e. The standard InChI is InChI=1S/C22H22BrN3O2/c1-26(2)12-4-14-27-16-8-6-15(7-9-16)19-20-17(23)10-11-24-22(20)25-21(19)18-5-3-13-28-18/h3,5-11,13H,4,12,14H2,1-2H3,(H,24,25). The molecule has 1 aromatic carbocycles. The number of hydrogen-bond acceptors (Lipinski definition) is 4. The third-order valence-corrected chi connectivity index (χ3v) is 5.23. The fourth-order valence-electron chi connectivity index (χ4n) is 3.26. The molecule has 0 saturated carbocycles. The Balaban J connectivity index is 1.68. The minimum atomic E-state index is 0.706. The van der Waals surface area contributed by atoms with Crippen molar-refractivity contribution in [3.63, 3.8) is 0 Å². The molecule has 0 unspecified atom stereocenters. The molecule has 6 heteroatoms. The lowest BCUT2D eigenvalue weighted by molar-refractivity contribution is 0.281. The van der Waals surface area contributed by atoms with E-state index in [0.717, 1.165) is 56.8 Å². The predicted molar refractivity (Wildman–Crippen MR) is 116 cm³/mol. The van der Waals surface area contributed by atoms with Crippen LogP contribution in [0.2, 0.25) is 0 Å². The highest BCUT2D eigenvalue weighted by molar-refractivity contribution is 9.10. The molecule has 0 fully saturated rings. The molecule has 0 aliphatic carbocycles. The number of rotatable bonds is 7. The molecule has 5 nitrogen and oxygen atoms in total. The lowest BCUT2D eigenvalue weighted by atomic mass is 10.0. The quantitative estimate of drug-likeness (QED) is 0.381. The van der Waals surface area contributed by atoms with Gasteiger partial charge < -0.3 is 19.0 Å². The SMILES string of the molecule is CN(C)CCCOc1ccc(-c2c(-c3ccco3)[nH]c3nccc(Br)c23)cc1. The maximum Gasteiger partial charge on any atom is 0.150 e. The first-order valence-corrected chi connectivity index (χ1v) is 10.0. The Morgan fingerprint density at radius 2 is 1.96 bits per heavy atom. The highest BCUT2D eigenvalue weighted by Crippen LogP contribution is 2.41. The normalized spacial score (nSPS) is 11.4. The summed E-state index contributed by atoms with van der Waals surface area (Å²) in [5.74, 6) is 1.66. The summed E-state index contributed by atoms with van der Waals surface area (Å²) in [5, 5.41) is 1.04. The Bertz CT molecular complexity index is 1050. The second kappa shape index (κ2) is 8.20. The van der Waals surface area contributed by atoms with E-state index in [1.54, 1.807) is 12.5 Å². The number of benzene rings is 1. The summed E-state index contributed by atoms with van der Waals surface area (Å²) in [6.45, 7) is 1.72. The summed E-state index contributed by atoms with van der Waals surface area (Å²) < 4.78 is 12.5. The van der Waals surface area contributed by atoms with Gasteiger partial charge in [-0.2, -0.15) is 0 Å². The van der Waals surface area contributed by atoms with E-state index < -0.39 is 0 Å². The summed E-state index contributed by atoms with van der Waals surface area (Å²) in [7, 11) is 4.14. The largest absolute Gasteiger partial charge is 0.494 e. The number of H-pyrrole nitrogens is 1. The van der Waals surface area contributed by atoms with Crippen molar-refractivity contribution in [1.29, 1.82) is 0 Å². The van der Waals surface area contributed by atoms with E-state index >= 15 is 0 Å². The molecule has 3 aromatic heterocycles. The average Bonchev–Trinajstić information content (AvgIpc) is 3.34. The molecule has 0 atom stereocenters. The van der Waals surface area contributed by atoms with E-state index in [0.29, 0.717) is 6.61 Å². The molecule has 0 spiro atoms. The molecule has 0 bridgehead atoms. The third kappa shape index (κ3) is 3.84. The van der Waals surface area contributed by atoms with Gasteiger partial charge in [-0.15, -0.1) is 0 Å². The zero-order valence-electron chi connectivity index (χ0n) is 15.9. The Kier molecular flexibility index (Phi) is 5.50. The van der Waals surface area contributed by atoms with Crippen LogP contribution in [0, 0.1) is 0 Å². The van der Waals surface area contributed by atoms with E-state index in [4.69, 9.17) is 9.15 Å². The van der Waals surface area contributed by atoms with Gasteiger partial charge in [0, 0.05) is 28.2 Å². The van der Waals surface area contributed by atoms with Crippen LogP contribution in [-0.4, -0.2) is 42.1 Å². The number of furan rings is 1. The van der Waals surface area contributed by atoms with Crippen LogP contribution in [0.25, 0.3) is 33.6 Å². The summed E-state index contributed by atoms with van der Waals surface area (Å²) in [6, 6.07) is 14.0. The Hall–Kier alpha value is -2.57. The fraction of sp³-hybridized carbons (Fsp3) is 0.227. The van der Waals surface area contributed by atoms with Crippen LogP contribution < -0.4 is 4.74 Å². The highest BCUT2D eigenvalue weighted by atomic mass is 79.9. The molecule has 0 saturated heterocycles. The molecular formula is C22H22BrN3O2. The summed E-state index contributed by atoms with van der Waals surface area (Å²) in [5.41, 5.74) is 3.87. The molecule has 4 rings (SSSR count). The van der Waals surface area contributed by atoms with Crippen molar-refractivity contribution in [1.82, 2.24) is 14.9 Å². The number of aromatic amines is 1. The topological polar surface area (TPSA) is 54.3 Å². The Morgan fingerprint density at radius 3 is 2.68 bits per heavy atom. The van der Waals surface area contributed by atoms with E-state index in [9.17, 15) is 0 Å². The average molecular weight is 440 g/mol. The van der Waals surface area contributed by atoms with Crippen LogP contribution in [0.4, 0.5) is 0 Å². The van der Waals surface area contributed by atoms with Crippen LogP contribution in [0.3, 0.4) is 0 Å². The van der Waals surface area contributed by atoms with Crippen LogP contribution in [0.5, 0.6) is 5.75 Å². The zero-order valence-corrected chi connectivity index (χ0v) is 17.5. The minimum absolute atomic E-state index is 0.706. The van der Waals surface area contributed by atoms with Crippen LogP contribution in [0.15, 0.2) is 63.8 Å². The third-order valence-electron chi connectivity index (χ3n) is 4.57. The van der Waals surface area contributed by atoms with Crippen LogP contribution in [0.1, 0.15) is 6.42 Å². The summed E-state index contributed by atoms with van der Waals surface area (Å²) >= 11 is 3.67. The molecule has 0 aliphatic rings. The van der Waals surface area contributed by atoms with Crippen molar-refractivity contribution in [2.75, 3.05) is 27.2 Å². The molecule has 0 aliphatic heterocycles. The Labute approximate surface area is 172 Å². The number of aromatic nitrogens is 2. The molecular weight excluding hydrogens is 418 g/mol. The van der Waals surface area contributed by atoms with E-state index in [-0.39, 0.29) is 0 Å². The number of ether oxygens (including phenoxy) is 1. The van der Waals surface area contributed by atoms with E-state index in [1.165, 1.54) is 0 Å². The van der Waals surface area contributed by atoms with Crippen molar-refractivity contribution in [3.05, 3.63) is 59.4 Å². The molecule has 4 aromatic rings. The van der Waals surface area contributed by atoms with E-state index in [2.05, 4.69) is 57.0 Å². The fourth-order valence-corrected chi connectivity index (χ4v) is 3.76. The molecule has 144 valence electrons. The zero-order chi connectivity index (χ0) is 19.5. The molecule has 1 N–H and O–H groups in total. The van der Waals surface area contributed by atoms with Crippen molar-refractivity contribution in [2.24, 2.45) is 0 Å². The van der Waals surface area contributed by atoms with Crippen molar-refractivity contribution >= 4 is 27.0 Å². The first kappa shape index (κ1) is 18.8. The lowest BCUT2D eigenvalue weighted by Crippen LogP contribution is -2.15. The first-order valence-electron chi connectivity index (χ1n) is 9.21. The first-order chi connectivity index (χ1) is 13.6. The number of hydrogen-bond donors (Lipinski definition) is 1. The Morgan fingerprint density at radius 1 is 1.14 bits per heavy atom. The summed E-state index contributed by atoms with van der Waals surface area (Å²) in [4.78, 5) is 10.0. The van der Waals surface area contributed by atoms with Gasteiger partial charge >= 0.3 is 0 Å². The maximum absolute atomic E-state index is 5.87. The van der Waals surface area contributed by atoms with Gasteiger partial charge in [-0.1, -0.05) is 12.1 Å². The molecule has 0 radical (unpaired) electrons. The number of nitrogens with zero attached hydrogens (tertiary/aromatic N) is 2. The van der Waals surface area contributed by atoms with Crippen LogP contribution in [-0.2, 0) is 0 Å². The number of pyridine rings is 1. The lowest BCUT2D eigenvalue weighted by Gasteiger charge is -2.11. The van der Waals surface area contributed by atoms with Gasteiger partial charge in [0.15, 0.2) is 5.76 Å². The van der Waals surface area contributed by atoms with Gasteiger partial charge in [-0.25, -0.2) is 4.98 Å². The van der Waals surface area contributed by atoms with Gasteiger partial charge in [-0.05, 0) is 72.3 Å². The van der Waals surface area contributed by atoms with Crippen molar-refractivity contribution < 1.29 is 9.15 Å². The van der Waals surface area contributed by atoms with Gasteiger partial charge in [0.2, 0.25) is 0 Å². The smallest absolute Gasteiger partial charge is 0.150 e. The predicted octanol–water partition coefficient (Wildman–Crippen LogP) is 5.58. The van der Waals surface area contributed by atoms with Gasteiger partial charge in [0.05, 0.1) is 18.6 Å². The van der Waals surface area contributed by atoms with Gasteiger partial charge in [-0.3, -0.25) is 0 Å². The molecule has 3 heterocycles. The highest BCUT2D eigenvalue weighted by Gasteiger charge is 2.19. The monoisotopic (exact) mass is 439 g/mol. The maximum atomic E-state index is 5.87. The number of nitrogens with one attached hydrogen (secondary N) is 1. The molecule has 0 amide bonds. The second-order valence-corrected chi connectivity index (χ2v) is 7.75. The van der Waals surface area contributed by atoms with Crippen molar-refractivity contribution in [3.8, 4) is 28.3 Å². The number of fused-ring (bicyclic) bond motifs is 1. The van der Waals surface area contributed by atoms with E-state index in [1.807, 2.05) is 30.3 Å². The van der Waals surface area contributed by atoms with Gasteiger partial charge in [0.1, 0.15) is 11.4 Å². The molecule has 28 heavy (non-hydrogen) atoms. The second-order valence-electron chi connectivity index (χ2n) is 6.90. The number of halogens is 1. The van der Waals surface area contributed by atoms with Crippen LogP contribution >= 0.6 is 15.9 Å².